The molecule has 23 heavy (non-hydrogen) atoms. The third-order valence-electron chi connectivity index (χ3n) is 3.43. The Morgan fingerprint density at radius 2 is 1.65 bits per heavy atom. The second-order valence-electron chi connectivity index (χ2n) is 5.13. The second kappa shape index (κ2) is 8.19. The van der Waals surface area contributed by atoms with Crippen molar-refractivity contribution in [2.24, 2.45) is 0 Å². The minimum absolute atomic E-state index is 0.0255. The summed E-state index contributed by atoms with van der Waals surface area (Å²) in [6.45, 7) is -0.0979. The van der Waals surface area contributed by atoms with Crippen LogP contribution in [0.1, 0.15) is 34.9 Å². The fourth-order valence-electron chi connectivity index (χ4n) is 2.15. The number of nitrogens with one attached hydrogen (secondary N) is 1. The Kier molecular flexibility index (Phi) is 6.00. The first kappa shape index (κ1) is 16.8. The van der Waals surface area contributed by atoms with Crippen molar-refractivity contribution in [3.8, 4) is 0 Å². The number of carbonyl (C=O) groups is 2. The van der Waals surface area contributed by atoms with E-state index in [1.54, 1.807) is 30.3 Å². The van der Waals surface area contributed by atoms with Gasteiger partial charge >= 0.3 is 0 Å². The molecule has 0 aliphatic carbocycles. The van der Waals surface area contributed by atoms with Crippen LogP contribution >= 0.6 is 0 Å². The predicted octanol–water partition coefficient (Wildman–Crippen LogP) is 2.64. The lowest BCUT2D eigenvalue weighted by Gasteiger charge is -2.13. The number of aliphatic hydroxyl groups excluding tert-OH is 1. The third kappa shape index (κ3) is 5.00. The van der Waals surface area contributed by atoms with Crippen molar-refractivity contribution in [1.82, 2.24) is 5.32 Å². The van der Waals surface area contributed by atoms with E-state index in [-0.39, 0.29) is 36.6 Å². The van der Waals surface area contributed by atoms with Crippen LogP contribution in [0.4, 0.5) is 4.39 Å². The predicted molar refractivity (Wildman–Crippen MR) is 84.4 cm³/mol. The Balaban J connectivity index is 1.77. The van der Waals surface area contributed by atoms with Gasteiger partial charge in [-0.1, -0.05) is 48.5 Å². The first-order valence-corrected chi connectivity index (χ1v) is 7.35. The smallest absolute Gasteiger partial charge is 0.220 e. The number of hydrogen-bond acceptors (Lipinski definition) is 3. The number of aliphatic hydroxyl groups is 1. The highest BCUT2D eigenvalue weighted by Crippen LogP contribution is 2.15. The second-order valence-corrected chi connectivity index (χ2v) is 5.13. The average Bonchev–Trinajstić information content (AvgIpc) is 2.58. The lowest BCUT2D eigenvalue weighted by atomic mass is 10.1. The molecule has 0 spiro atoms. The van der Waals surface area contributed by atoms with Gasteiger partial charge in [0.2, 0.25) is 5.91 Å². The Bertz CT molecular complexity index is 673. The topological polar surface area (TPSA) is 66.4 Å². The van der Waals surface area contributed by atoms with Crippen molar-refractivity contribution in [1.29, 1.82) is 0 Å². The molecule has 0 saturated heterocycles. The summed E-state index contributed by atoms with van der Waals surface area (Å²) < 4.78 is 13.5. The van der Waals surface area contributed by atoms with Crippen LogP contribution in [0.3, 0.4) is 0 Å². The molecule has 0 bridgehead atoms. The fraction of sp³-hybridized carbons (Fsp3) is 0.222. The molecule has 4 nitrogen and oxygen atoms in total. The minimum Gasteiger partial charge on any atom is -0.386 e. The summed E-state index contributed by atoms with van der Waals surface area (Å²) >= 11 is 0. The van der Waals surface area contributed by atoms with Crippen LogP contribution in [0.25, 0.3) is 0 Å². The Morgan fingerprint density at radius 1 is 1.00 bits per heavy atom. The summed E-state index contributed by atoms with van der Waals surface area (Å²) in [5, 5.41) is 12.4. The van der Waals surface area contributed by atoms with Crippen LogP contribution in [0.5, 0.6) is 0 Å². The van der Waals surface area contributed by atoms with Gasteiger partial charge in [0.1, 0.15) is 5.82 Å². The van der Waals surface area contributed by atoms with E-state index in [2.05, 4.69) is 5.32 Å². The number of halogens is 1. The van der Waals surface area contributed by atoms with Gasteiger partial charge in [-0.25, -0.2) is 4.39 Å². The maximum atomic E-state index is 13.5. The molecule has 120 valence electrons. The number of rotatable bonds is 7. The van der Waals surface area contributed by atoms with Gasteiger partial charge in [0, 0.05) is 30.5 Å². The highest BCUT2D eigenvalue weighted by atomic mass is 19.1. The van der Waals surface area contributed by atoms with E-state index < -0.39 is 11.9 Å². The summed E-state index contributed by atoms with van der Waals surface area (Å²) in [5.41, 5.74) is 0.694. The maximum absolute atomic E-state index is 13.5. The van der Waals surface area contributed by atoms with Crippen molar-refractivity contribution in [3.63, 3.8) is 0 Å². The van der Waals surface area contributed by atoms with Gasteiger partial charge in [-0.05, 0) is 6.07 Å². The van der Waals surface area contributed by atoms with E-state index in [1.807, 2.05) is 6.07 Å². The van der Waals surface area contributed by atoms with E-state index in [0.29, 0.717) is 5.56 Å². The highest BCUT2D eigenvalue weighted by Gasteiger charge is 2.14. The Morgan fingerprint density at radius 3 is 2.35 bits per heavy atom. The zero-order chi connectivity index (χ0) is 16.7. The molecule has 0 radical (unpaired) electrons. The molecule has 0 aliphatic rings. The molecule has 2 rings (SSSR count). The van der Waals surface area contributed by atoms with E-state index in [0.717, 1.165) is 0 Å². The molecular weight excluding hydrogens is 297 g/mol. The van der Waals surface area contributed by atoms with Gasteiger partial charge in [-0.3, -0.25) is 9.59 Å². The van der Waals surface area contributed by atoms with E-state index in [9.17, 15) is 19.1 Å². The fourth-order valence-corrected chi connectivity index (χ4v) is 2.15. The van der Waals surface area contributed by atoms with E-state index in [4.69, 9.17) is 0 Å². The first-order valence-electron chi connectivity index (χ1n) is 7.35. The summed E-state index contributed by atoms with van der Waals surface area (Å²) in [5.74, 6) is -0.992. The number of carbonyl (C=O) groups excluding carboxylic acids is 2. The van der Waals surface area contributed by atoms with Crippen LogP contribution in [0.15, 0.2) is 54.6 Å². The number of amides is 1. The molecule has 0 aliphatic heterocycles. The number of ketones is 1. The normalized spacial score (nSPS) is 11.7. The minimum atomic E-state index is -1.12. The van der Waals surface area contributed by atoms with Crippen molar-refractivity contribution in [2.45, 2.75) is 18.9 Å². The molecule has 2 N–H and O–H groups in total. The van der Waals surface area contributed by atoms with Crippen LogP contribution in [0.2, 0.25) is 0 Å². The lowest BCUT2D eigenvalue weighted by molar-refractivity contribution is -0.121. The van der Waals surface area contributed by atoms with E-state index in [1.165, 1.54) is 18.2 Å². The van der Waals surface area contributed by atoms with Crippen molar-refractivity contribution >= 4 is 11.7 Å². The summed E-state index contributed by atoms with van der Waals surface area (Å²) in [4.78, 5) is 23.6. The number of hydrogen-bond donors (Lipinski definition) is 2. The van der Waals surface area contributed by atoms with Gasteiger partial charge in [-0.2, -0.15) is 0 Å². The Hall–Kier alpha value is -2.53. The van der Waals surface area contributed by atoms with Crippen molar-refractivity contribution < 1.29 is 19.1 Å². The average molecular weight is 315 g/mol. The monoisotopic (exact) mass is 315 g/mol. The van der Waals surface area contributed by atoms with Gasteiger partial charge in [0.15, 0.2) is 5.78 Å². The molecule has 0 fully saturated rings. The quantitative estimate of drug-likeness (QED) is 0.772. The van der Waals surface area contributed by atoms with E-state index >= 15 is 0 Å². The zero-order valence-electron chi connectivity index (χ0n) is 12.5. The van der Waals surface area contributed by atoms with Crippen molar-refractivity contribution in [3.05, 3.63) is 71.5 Å². The molecular formula is C18H18FNO3. The molecule has 5 heteroatoms. The maximum Gasteiger partial charge on any atom is 0.220 e. The van der Waals surface area contributed by atoms with Gasteiger partial charge in [0.25, 0.3) is 0 Å². The van der Waals surface area contributed by atoms with Gasteiger partial charge in [0.05, 0.1) is 6.10 Å². The van der Waals surface area contributed by atoms with Crippen LogP contribution in [-0.2, 0) is 4.79 Å². The zero-order valence-corrected chi connectivity index (χ0v) is 12.5. The Labute approximate surface area is 134 Å². The third-order valence-corrected chi connectivity index (χ3v) is 3.43. The molecule has 0 aromatic heterocycles. The molecule has 2 aromatic carbocycles. The summed E-state index contributed by atoms with van der Waals surface area (Å²) in [7, 11) is 0. The molecule has 0 heterocycles. The first-order chi connectivity index (χ1) is 11.1. The molecule has 1 atom stereocenters. The van der Waals surface area contributed by atoms with Crippen LogP contribution in [0, 0.1) is 5.82 Å². The standard InChI is InChI=1S/C18H18FNO3/c19-15-9-5-4-8-14(15)17(22)12-20-18(23)11-10-16(21)13-6-2-1-3-7-13/h1-9,17,22H,10-12H2,(H,20,23). The molecule has 1 unspecified atom stereocenters. The summed E-state index contributed by atoms with van der Waals surface area (Å²) in [6.07, 6.45) is -1.01. The van der Waals surface area contributed by atoms with Gasteiger partial charge in [-0.15, -0.1) is 0 Å². The highest BCUT2D eigenvalue weighted by molar-refractivity contribution is 5.97. The van der Waals surface area contributed by atoms with Crippen molar-refractivity contribution in [2.75, 3.05) is 6.54 Å². The molecule has 0 saturated carbocycles. The number of Topliss-reactive ketones (excluding diaryl/α,β-unsaturated/α-hetero) is 1. The largest absolute Gasteiger partial charge is 0.386 e. The molecule has 1 amide bonds. The van der Waals surface area contributed by atoms with Crippen LogP contribution < -0.4 is 5.32 Å². The summed E-state index contributed by atoms with van der Waals surface area (Å²) in [6, 6.07) is 14.6. The lowest BCUT2D eigenvalue weighted by Crippen LogP contribution is -2.29. The SMILES string of the molecule is O=C(CCC(=O)c1ccccc1)NCC(O)c1ccccc1F. The molecule has 2 aromatic rings. The number of benzene rings is 2. The van der Waals surface area contributed by atoms with Gasteiger partial charge < -0.3 is 10.4 Å². The van der Waals surface area contributed by atoms with Crippen LogP contribution in [-0.4, -0.2) is 23.3 Å².